The van der Waals surface area contributed by atoms with Gasteiger partial charge in [0, 0.05) is 26.2 Å². The zero-order chi connectivity index (χ0) is 20.9. The quantitative estimate of drug-likeness (QED) is 0.536. The average molecular weight is 421 g/mol. The third-order valence-corrected chi connectivity index (χ3v) is 5.37. The number of carbonyl (C=O) groups is 1. The summed E-state index contributed by atoms with van der Waals surface area (Å²) in [7, 11) is 0. The van der Waals surface area contributed by atoms with Gasteiger partial charge in [0.2, 0.25) is 0 Å². The van der Waals surface area contributed by atoms with Gasteiger partial charge in [0.05, 0.1) is 17.8 Å². The summed E-state index contributed by atoms with van der Waals surface area (Å²) in [5, 5.41) is 12.4. The van der Waals surface area contributed by atoms with Crippen LogP contribution >= 0.6 is 11.3 Å². The molecule has 29 heavy (non-hydrogen) atoms. The average Bonchev–Trinajstić information content (AvgIpc) is 3.18. The van der Waals surface area contributed by atoms with Crippen LogP contribution in [0.2, 0.25) is 0 Å². The maximum atomic E-state index is 10.9. The number of carboxylic acids is 1. The molecule has 3 rings (SSSR count). The topological polar surface area (TPSA) is 101 Å². The van der Waals surface area contributed by atoms with Crippen molar-refractivity contribution in [3.8, 4) is 0 Å². The SMILES string of the molecule is CCCCCNCc1ccccc1.NC1CN(Cc2ncsc2C(=O)O)CCO1. The van der Waals surface area contributed by atoms with Crippen LogP contribution in [0.1, 0.15) is 47.1 Å². The number of ether oxygens (including phenoxy) is 1. The molecule has 4 N–H and O–H groups in total. The molecule has 0 radical (unpaired) electrons. The van der Waals surface area contributed by atoms with Crippen molar-refractivity contribution in [2.75, 3.05) is 26.2 Å². The second kappa shape index (κ2) is 13.4. The van der Waals surface area contributed by atoms with Crippen molar-refractivity contribution in [2.45, 2.75) is 45.5 Å². The van der Waals surface area contributed by atoms with Crippen LogP contribution in [-0.4, -0.2) is 53.4 Å². The third kappa shape index (κ3) is 9.01. The molecular weight excluding hydrogens is 388 g/mol. The van der Waals surface area contributed by atoms with Gasteiger partial charge in [0.15, 0.2) is 0 Å². The lowest BCUT2D eigenvalue weighted by atomic mass is 10.2. The molecule has 0 bridgehead atoms. The zero-order valence-electron chi connectivity index (χ0n) is 17.0. The first-order chi connectivity index (χ1) is 14.1. The normalized spacial score (nSPS) is 16.8. The number of nitrogens with zero attached hydrogens (tertiary/aromatic N) is 2. The zero-order valence-corrected chi connectivity index (χ0v) is 17.9. The Balaban J connectivity index is 0.000000212. The van der Waals surface area contributed by atoms with Crippen LogP contribution in [0, 0.1) is 0 Å². The van der Waals surface area contributed by atoms with Crippen molar-refractivity contribution >= 4 is 17.3 Å². The Bertz CT molecular complexity index is 711. The molecule has 0 saturated carbocycles. The van der Waals surface area contributed by atoms with Crippen molar-refractivity contribution in [1.82, 2.24) is 15.2 Å². The highest BCUT2D eigenvalue weighted by Gasteiger charge is 2.21. The van der Waals surface area contributed by atoms with E-state index in [9.17, 15) is 4.79 Å². The molecule has 1 fully saturated rings. The number of carboxylic acid groups (broad SMARTS) is 1. The van der Waals surface area contributed by atoms with Gasteiger partial charge in [-0.25, -0.2) is 9.78 Å². The van der Waals surface area contributed by atoms with E-state index in [2.05, 4.69) is 52.5 Å². The Kier molecular flexibility index (Phi) is 10.8. The standard InChI is InChI=1S/C12H19N.C9H13N3O3S/c1-2-3-7-10-13-11-12-8-5-4-6-9-12;10-7-4-12(1-2-15-7)3-6-8(9(13)14)16-5-11-6/h4-6,8-9,13H,2-3,7,10-11H2,1H3;5,7H,1-4,10H2,(H,13,14). The lowest BCUT2D eigenvalue weighted by Gasteiger charge is -2.30. The van der Waals surface area contributed by atoms with E-state index in [0.717, 1.165) is 31.0 Å². The molecule has 2 heterocycles. The molecule has 7 nitrogen and oxygen atoms in total. The van der Waals surface area contributed by atoms with E-state index in [1.807, 2.05) is 0 Å². The molecule has 1 unspecified atom stereocenters. The Hall–Kier alpha value is -1.84. The number of nitrogens with two attached hydrogens (primary N) is 1. The largest absolute Gasteiger partial charge is 0.477 e. The van der Waals surface area contributed by atoms with E-state index in [0.29, 0.717) is 30.3 Å². The number of unbranched alkanes of at least 4 members (excludes halogenated alkanes) is 2. The minimum absolute atomic E-state index is 0.291. The smallest absolute Gasteiger partial charge is 0.347 e. The number of nitrogens with one attached hydrogen (secondary N) is 1. The van der Waals surface area contributed by atoms with Crippen LogP contribution in [0.3, 0.4) is 0 Å². The number of morpholine rings is 1. The fourth-order valence-corrected chi connectivity index (χ4v) is 3.61. The van der Waals surface area contributed by atoms with Crippen molar-refractivity contribution in [3.05, 3.63) is 52.0 Å². The maximum absolute atomic E-state index is 10.9. The molecule has 1 aliphatic heterocycles. The van der Waals surface area contributed by atoms with Gasteiger partial charge in [0.25, 0.3) is 0 Å². The summed E-state index contributed by atoms with van der Waals surface area (Å²) in [5.41, 5.74) is 9.19. The van der Waals surface area contributed by atoms with Gasteiger partial charge in [0.1, 0.15) is 11.1 Å². The summed E-state index contributed by atoms with van der Waals surface area (Å²) in [6, 6.07) is 10.5. The second-order valence-corrected chi connectivity index (χ2v) is 7.80. The fraction of sp³-hybridized carbons (Fsp3) is 0.524. The highest BCUT2D eigenvalue weighted by Crippen LogP contribution is 2.16. The maximum Gasteiger partial charge on any atom is 0.347 e. The summed E-state index contributed by atoms with van der Waals surface area (Å²) in [6.45, 7) is 6.83. The molecule has 1 atom stereocenters. The Labute approximate surface area is 176 Å². The van der Waals surface area contributed by atoms with Gasteiger partial charge in [-0.05, 0) is 18.5 Å². The molecule has 8 heteroatoms. The van der Waals surface area contributed by atoms with Gasteiger partial charge in [-0.2, -0.15) is 0 Å². The molecule has 1 saturated heterocycles. The number of hydrogen-bond donors (Lipinski definition) is 3. The van der Waals surface area contributed by atoms with Gasteiger partial charge in [-0.3, -0.25) is 4.90 Å². The fourth-order valence-electron chi connectivity index (χ4n) is 2.97. The molecule has 160 valence electrons. The van der Waals surface area contributed by atoms with E-state index >= 15 is 0 Å². The first-order valence-corrected chi connectivity index (χ1v) is 11.0. The number of aromatic carboxylic acids is 1. The van der Waals surface area contributed by atoms with E-state index in [4.69, 9.17) is 15.6 Å². The van der Waals surface area contributed by atoms with E-state index in [1.54, 1.807) is 5.51 Å². The van der Waals surface area contributed by atoms with Crippen LogP contribution in [-0.2, 0) is 17.8 Å². The molecular formula is C21H32N4O3S. The van der Waals surface area contributed by atoms with Crippen molar-refractivity contribution in [1.29, 1.82) is 0 Å². The van der Waals surface area contributed by atoms with Crippen LogP contribution in [0.5, 0.6) is 0 Å². The highest BCUT2D eigenvalue weighted by atomic mass is 32.1. The van der Waals surface area contributed by atoms with Gasteiger partial charge < -0.3 is 20.9 Å². The highest BCUT2D eigenvalue weighted by molar-refractivity contribution is 7.11. The Morgan fingerprint density at radius 3 is 2.86 bits per heavy atom. The van der Waals surface area contributed by atoms with Crippen LogP contribution in [0.4, 0.5) is 0 Å². The van der Waals surface area contributed by atoms with Gasteiger partial charge in [-0.15, -0.1) is 11.3 Å². The van der Waals surface area contributed by atoms with Crippen molar-refractivity contribution in [2.24, 2.45) is 5.73 Å². The van der Waals surface area contributed by atoms with Crippen LogP contribution in [0.15, 0.2) is 35.8 Å². The summed E-state index contributed by atoms with van der Waals surface area (Å²) in [4.78, 5) is 17.3. The van der Waals surface area contributed by atoms with E-state index in [1.165, 1.54) is 24.8 Å². The molecule has 0 amide bonds. The molecule has 0 aliphatic carbocycles. The molecule has 1 aromatic carbocycles. The minimum atomic E-state index is -0.921. The van der Waals surface area contributed by atoms with Crippen molar-refractivity contribution in [3.63, 3.8) is 0 Å². The second-order valence-electron chi connectivity index (χ2n) is 6.95. The lowest BCUT2D eigenvalue weighted by Crippen LogP contribution is -2.46. The number of hydrogen-bond acceptors (Lipinski definition) is 7. The molecule has 1 aromatic heterocycles. The van der Waals surface area contributed by atoms with Crippen LogP contribution in [0.25, 0.3) is 0 Å². The third-order valence-electron chi connectivity index (χ3n) is 4.52. The summed E-state index contributed by atoms with van der Waals surface area (Å²) >= 11 is 1.15. The first kappa shape index (κ1) is 23.4. The molecule has 1 aliphatic rings. The molecule has 2 aromatic rings. The molecule has 0 spiro atoms. The first-order valence-electron chi connectivity index (χ1n) is 10.1. The number of aromatic nitrogens is 1. The van der Waals surface area contributed by atoms with E-state index < -0.39 is 5.97 Å². The summed E-state index contributed by atoms with van der Waals surface area (Å²) < 4.78 is 5.21. The number of rotatable bonds is 9. The lowest BCUT2D eigenvalue weighted by molar-refractivity contribution is -0.0279. The minimum Gasteiger partial charge on any atom is -0.477 e. The Morgan fingerprint density at radius 1 is 1.38 bits per heavy atom. The van der Waals surface area contributed by atoms with E-state index in [-0.39, 0.29) is 6.23 Å². The van der Waals surface area contributed by atoms with Gasteiger partial charge in [-0.1, -0.05) is 50.1 Å². The predicted molar refractivity (Wildman–Crippen MR) is 116 cm³/mol. The van der Waals surface area contributed by atoms with Gasteiger partial charge >= 0.3 is 5.97 Å². The number of benzene rings is 1. The summed E-state index contributed by atoms with van der Waals surface area (Å²) in [5.74, 6) is -0.921. The number of thiazole rings is 1. The Morgan fingerprint density at radius 2 is 2.17 bits per heavy atom. The van der Waals surface area contributed by atoms with Crippen molar-refractivity contribution < 1.29 is 14.6 Å². The monoisotopic (exact) mass is 420 g/mol. The van der Waals surface area contributed by atoms with Crippen LogP contribution < -0.4 is 11.1 Å². The predicted octanol–water partition coefficient (Wildman–Crippen LogP) is 2.92. The summed E-state index contributed by atoms with van der Waals surface area (Å²) in [6.07, 6.45) is 3.64.